The molecule has 2 N–H and O–H groups in total. The van der Waals surface area contributed by atoms with Crippen LogP contribution in [0.25, 0.3) is 0 Å². The van der Waals surface area contributed by atoms with Gasteiger partial charge in [0.2, 0.25) is 0 Å². The van der Waals surface area contributed by atoms with Gasteiger partial charge >= 0.3 is 6.61 Å². The Morgan fingerprint density at radius 3 is 2.61 bits per heavy atom. The summed E-state index contributed by atoms with van der Waals surface area (Å²) in [5.74, 6) is 2.40. The highest BCUT2D eigenvalue weighted by atomic mass is 127. The lowest BCUT2D eigenvalue weighted by Gasteiger charge is -2.16. The van der Waals surface area contributed by atoms with Crippen LogP contribution in [-0.2, 0) is 20.1 Å². The molecule has 0 saturated heterocycles. The molecule has 0 unspecified atom stereocenters. The van der Waals surface area contributed by atoms with Gasteiger partial charge in [-0.1, -0.05) is 25.5 Å². The summed E-state index contributed by atoms with van der Waals surface area (Å²) in [5, 5.41) is 14.6. The predicted molar refractivity (Wildman–Crippen MR) is 126 cm³/mol. The van der Waals surface area contributed by atoms with Crippen molar-refractivity contribution in [1.29, 1.82) is 0 Å². The second-order valence-electron chi connectivity index (χ2n) is 6.58. The van der Waals surface area contributed by atoms with E-state index >= 15 is 0 Å². The molecule has 0 bridgehead atoms. The van der Waals surface area contributed by atoms with Gasteiger partial charge in [0.15, 0.2) is 23.3 Å². The number of unbranched alkanes of at least 4 members (excludes halogenated alkanes) is 1. The molecule has 0 atom stereocenters. The first-order valence-electron chi connectivity index (χ1n) is 10.0. The van der Waals surface area contributed by atoms with E-state index < -0.39 is 6.61 Å². The Bertz CT molecular complexity index is 832. The second-order valence-corrected chi connectivity index (χ2v) is 6.58. The number of benzene rings is 1. The number of aliphatic imine (C=N–C) groups is 1. The fourth-order valence-electron chi connectivity index (χ4n) is 2.67. The molecular formula is C20H31F2IN6O2. The molecule has 0 radical (unpaired) electrons. The van der Waals surface area contributed by atoms with E-state index in [1.54, 1.807) is 25.1 Å². The van der Waals surface area contributed by atoms with Gasteiger partial charge in [-0.2, -0.15) is 8.78 Å². The molecule has 8 nitrogen and oxygen atoms in total. The molecule has 0 saturated carbocycles. The highest BCUT2D eigenvalue weighted by Crippen LogP contribution is 2.33. The molecule has 0 fully saturated rings. The number of aryl methyl sites for hydroxylation is 1. The molecule has 1 heterocycles. The number of halogens is 3. The highest BCUT2D eigenvalue weighted by molar-refractivity contribution is 14.0. The number of ether oxygens (including phenoxy) is 2. The lowest BCUT2D eigenvalue weighted by atomic mass is 10.2. The average Bonchev–Trinajstić information content (AvgIpc) is 3.03. The topological polar surface area (TPSA) is 85.6 Å². The zero-order chi connectivity index (χ0) is 21.9. The molecule has 1 aromatic carbocycles. The van der Waals surface area contributed by atoms with Gasteiger partial charge in [0, 0.05) is 19.2 Å². The molecule has 1 aromatic heterocycles. The third-order valence-corrected chi connectivity index (χ3v) is 4.39. The number of nitrogens with zero attached hydrogens (tertiary/aromatic N) is 4. The van der Waals surface area contributed by atoms with Gasteiger partial charge in [0.1, 0.15) is 5.82 Å². The van der Waals surface area contributed by atoms with Gasteiger partial charge in [0.05, 0.1) is 19.7 Å². The minimum absolute atomic E-state index is 0. The number of aromatic nitrogens is 3. The molecule has 11 heteroatoms. The van der Waals surface area contributed by atoms with Crippen molar-refractivity contribution in [2.24, 2.45) is 12.0 Å². The summed E-state index contributed by atoms with van der Waals surface area (Å²) in [7, 11) is 1.89. The fraction of sp³-hybridized carbons (Fsp3) is 0.550. The van der Waals surface area contributed by atoms with Crippen LogP contribution in [0.15, 0.2) is 23.2 Å². The molecule has 2 aromatic rings. The maximum atomic E-state index is 12.9. The molecule has 0 aliphatic carbocycles. The van der Waals surface area contributed by atoms with Gasteiger partial charge in [-0.15, -0.1) is 34.2 Å². The van der Waals surface area contributed by atoms with Crippen LogP contribution < -0.4 is 20.1 Å². The van der Waals surface area contributed by atoms with Gasteiger partial charge < -0.3 is 24.7 Å². The van der Waals surface area contributed by atoms with Crippen molar-refractivity contribution >= 4 is 29.9 Å². The van der Waals surface area contributed by atoms with Gasteiger partial charge in [0.25, 0.3) is 0 Å². The predicted octanol–water partition coefficient (Wildman–Crippen LogP) is 3.78. The van der Waals surface area contributed by atoms with Crippen molar-refractivity contribution < 1.29 is 18.3 Å². The third-order valence-electron chi connectivity index (χ3n) is 4.39. The zero-order valence-corrected chi connectivity index (χ0v) is 20.7. The van der Waals surface area contributed by atoms with Crippen molar-refractivity contribution in [3.05, 3.63) is 35.4 Å². The smallest absolute Gasteiger partial charge is 0.387 e. The highest BCUT2D eigenvalue weighted by Gasteiger charge is 2.16. The Morgan fingerprint density at radius 2 is 2.00 bits per heavy atom. The van der Waals surface area contributed by atoms with E-state index in [0.717, 1.165) is 31.0 Å². The van der Waals surface area contributed by atoms with Crippen LogP contribution in [0.2, 0.25) is 0 Å². The Balaban J connectivity index is 0.00000480. The first-order chi connectivity index (χ1) is 14.5. The van der Waals surface area contributed by atoms with Crippen LogP contribution in [0.4, 0.5) is 8.78 Å². The van der Waals surface area contributed by atoms with Crippen LogP contribution in [0, 0.1) is 6.92 Å². The normalized spacial score (nSPS) is 11.3. The van der Waals surface area contributed by atoms with E-state index in [2.05, 4.69) is 32.7 Å². The lowest BCUT2D eigenvalue weighted by Crippen LogP contribution is -2.38. The second kappa shape index (κ2) is 14.0. The summed E-state index contributed by atoms with van der Waals surface area (Å²) in [6, 6.07) is 5.02. The third kappa shape index (κ3) is 8.46. The van der Waals surface area contributed by atoms with E-state index in [1.165, 1.54) is 0 Å². The van der Waals surface area contributed by atoms with Crippen LogP contribution >= 0.6 is 24.0 Å². The molecule has 0 aliphatic heterocycles. The Hall–Kier alpha value is -2.18. The molecule has 174 valence electrons. The van der Waals surface area contributed by atoms with E-state index in [4.69, 9.17) is 9.47 Å². The summed E-state index contributed by atoms with van der Waals surface area (Å²) in [6.45, 7) is 4.45. The van der Waals surface area contributed by atoms with E-state index in [-0.39, 0.29) is 42.0 Å². The summed E-state index contributed by atoms with van der Waals surface area (Å²) in [6.07, 6.45) is 2.01. The quantitative estimate of drug-likeness (QED) is 0.191. The molecule has 0 spiro atoms. The summed E-state index contributed by atoms with van der Waals surface area (Å²) >= 11 is 0. The molecular weight excluding hydrogens is 521 g/mol. The minimum atomic E-state index is -2.95. The van der Waals surface area contributed by atoms with Crippen molar-refractivity contribution in [3.63, 3.8) is 0 Å². The van der Waals surface area contributed by atoms with E-state index in [0.29, 0.717) is 24.7 Å². The standard InChI is InChI=1S/C20H30F2N6O2.HI/c1-5-7-11-23-20(25-13-17-27-26-14(3)28(17)4)24-12-15-9-8-10-16(29-6-2)18(15)30-19(21)22;/h8-10,19H,5-7,11-13H2,1-4H3,(H2,23,24,25);1H. The van der Waals surface area contributed by atoms with Crippen LogP contribution in [0.3, 0.4) is 0 Å². The van der Waals surface area contributed by atoms with Gasteiger partial charge in [-0.25, -0.2) is 4.99 Å². The number of rotatable bonds is 11. The summed E-state index contributed by atoms with van der Waals surface area (Å²) in [5.41, 5.74) is 0.507. The molecule has 31 heavy (non-hydrogen) atoms. The van der Waals surface area contributed by atoms with Crippen LogP contribution in [0.5, 0.6) is 11.5 Å². The number of hydrogen-bond acceptors (Lipinski definition) is 5. The maximum absolute atomic E-state index is 12.9. The number of nitrogens with one attached hydrogen (secondary N) is 2. The van der Waals surface area contributed by atoms with Crippen molar-refractivity contribution in [2.75, 3.05) is 13.2 Å². The van der Waals surface area contributed by atoms with Crippen LogP contribution in [-0.4, -0.2) is 40.5 Å². The summed E-state index contributed by atoms with van der Waals surface area (Å²) in [4.78, 5) is 4.54. The monoisotopic (exact) mass is 552 g/mol. The SMILES string of the molecule is CCCCNC(=NCc1cccc(OCC)c1OC(F)F)NCc1nnc(C)n1C.I. The molecule has 2 rings (SSSR count). The number of alkyl halides is 2. The van der Waals surface area contributed by atoms with Gasteiger partial charge in [-0.05, 0) is 26.3 Å². The number of para-hydroxylation sites is 1. The average molecular weight is 552 g/mol. The fourth-order valence-corrected chi connectivity index (χ4v) is 2.67. The Morgan fingerprint density at radius 1 is 1.23 bits per heavy atom. The van der Waals surface area contributed by atoms with Crippen molar-refractivity contribution in [3.8, 4) is 11.5 Å². The lowest BCUT2D eigenvalue weighted by molar-refractivity contribution is -0.0520. The molecule has 0 aliphatic rings. The van der Waals surface area contributed by atoms with Crippen molar-refractivity contribution in [2.45, 2.75) is 53.3 Å². The van der Waals surface area contributed by atoms with Crippen molar-refractivity contribution in [1.82, 2.24) is 25.4 Å². The molecule has 0 amide bonds. The van der Waals surface area contributed by atoms with E-state index in [1.807, 2.05) is 18.5 Å². The number of guanidine groups is 1. The maximum Gasteiger partial charge on any atom is 0.387 e. The largest absolute Gasteiger partial charge is 0.490 e. The zero-order valence-electron chi connectivity index (χ0n) is 18.3. The van der Waals surface area contributed by atoms with Gasteiger partial charge in [-0.3, -0.25) is 0 Å². The Labute approximate surface area is 198 Å². The Kier molecular flexibility index (Phi) is 12.1. The summed E-state index contributed by atoms with van der Waals surface area (Å²) < 4.78 is 37.9. The van der Waals surface area contributed by atoms with Crippen LogP contribution in [0.1, 0.15) is 43.9 Å². The number of hydrogen-bond donors (Lipinski definition) is 2. The first kappa shape index (κ1) is 26.9. The van der Waals surface area contributed by atoms with E-state index in [9.17, 15) is 8.78 Å². The first-order valence-corrected chi connectivity index (χ1v) is 10.0. The minimum Gasteiger partial charge on any atom is -0.490 e.